The Morgan fingerprint density at radius 2 is 2.18 bits per heavy atom. The number of ether oxygens (including phenoxy) is 1. The van der Waals surface area contributed by atoms with E-state index in [1.807, 2.05) is 0 Å². The van der Waals surface area contributed by atoms with E-state index in [0.717, 1.165) is 25.9 Å². The van der Waals surface area contributed by atoms with Gasteiger partial charge in [-0.1, -0.05) is 0 Å². The lowest BCUT2D eigenvalue weighted by molar-refractivity contribution is -0.143. The van der Waals surface area contributed by atoms with Crippen LogP contribution in [0, 0.1) is 0 Å². The Balaban J connectivity index is 2.21. The van der Waals surface area contributed by atoms with E-state index in [2.05, 4.69) is 5.32 Å². The van der Waals surface area contributed by atoms with Gasteiger partial charge >= 0.3 is 5.97 Å². The lowest BCUT2D eigenvalue weighted by atomic mass is 10.0. The standard InChI is InChI=1S/C11H19NO5/c13-7-9(11(15)16)12-10(14)5-4-8-3-1-2-6-17-8/h8-9,13H,1-7H2,(H,12,14)(H,15,16)/t8?,9-/m1/s1. The molecule has 1 heterocycles. The van der Waals surface area contributed by atoms with Crippen molar-refractivity contribution in [3.8, 4) is 0 Å². The minimum absolute atomic E-state index is 0.104. The fraction of sp³-hybridized carbons (Fsp3) is 0.818. The highest BCUT2D eigenvalue weighted by Gasteiger charge is 2.20. The quantitative estimate of drug-likeness (QED) is 0.607. The maximum Gasteiger partial charge on any atom is 0.328 e. The van der Waals surface area contributed by atoms with Crippen LogP contribution in [-0.2, 0) is 14.3 Å². The van der Waals surface area contributed by atoms with Crippen molar-refractivity contribution in [3.05, 3.63) is 0 Å². The maximum absolute atomic E-state index is 11.4. The van der Waals surface area contributed by atoms with Crippen LogP contribution in [0.5, 0.6) is 0 Å². The number of rotatable bonds is 6. The molecule has 0 spiro atoms. The van der Waals surface area contributed by atoms with Gasteiger partial charge in [0, 0.05) is 13.0 Å². The van der Waals surface area contributed by atoms with Gasteiger partial charge in [-0.05, 0) is 25.7 Å². The van der Waals surface area contributed by atoms with Crippen LogP contribution < -0.4 is 5.32 Å². The van der Waals surface area contributed by atoms with Crippen molar-refractivity contribution in [1.82, 2.24) is 5.32 Å². The van der Waals surface area contributed by atoms with Crippen LogP contribution in [0.2, 0.25) is 0 Å². The van der Waals surface area contributed by atoms with Crippen molar-refractivity contribution in [2.75, 3.05) is 13.2 Å². The summed E-state index contributed by atoms with van der Waals surface area (Å²) in [4.78, 5) is 22.0. The molecular formula is C11H19NO5. The number of amides is 1. The molecule has 6 nitrogen and oxygen atoms in total. The number of carboxylic acids is 1. The minimum Gasteiger partial charge on any atom is -0.480 e. The van der Waals surface area contributed by atoms with Gasteiger partial charge in [-0.2, -0.15) is 0 Å². The van der Waals surface area contributed by atoms with Crippen LogP contribution in [-0.4, -0.2) is 47.4 Å². The number of aliphatic hydroxyl groups excluding tert-OH is 1. The van der Waals surface area contributed by atoms with Crippen molar-refractivity contribution in [3.63, 3.8) is 0 Å². The van der Waals surface area contributed by atoms with Gasteiger partial charge in [0.15, 0.2) is 0 Å². The molecule has 0 aromatic rings. The number of nitrogens with one attached hydrogen (secondary N) is 1. The van der Waals surface area contributed by atoms with Gasteiger partial charge in [0.25, 0.3) is 0 Å². The van der Waals surface area contributed by atoms with Crippen LogP contribution in [0.25, 0.3) is 0 Å². The summed E-state index contributed by atoms with van der Waals surface area (Å²) in [6.07, 6.45) is 4.06. The summed E-state index contributed by atoms with van der Waals surface area (Å²) in [6.45, 7) is 0.141. The number of aliphatic carboxylic acids is 1. The molecule has 1 saturated heterocycles. The maximum atomic E-state index is 11.4. The lowest BCUT2D eigenvalue weighted by Crippen LogP contribution is -2.43. The Labute approximate surface area is 100.0 Å². The smallest absolute Gasteiger partial charge is 0.328 e. The molecule has 1 unspecified atom stereocenters. The molecular weight excluding hydrogens is 226 g/mol. The summed E-state index contributed by atoms with van der Waals surface area (Å²) in [6, 6.07) is -1.21. The molecule has 0 saturated carbocycles. The highest BCUT2D eigenvalue weighted by Crippen LogP contribution is 2.16. The van der Waals surface area contributed by atoms with E-state index in [1.165, 1.54) is 0 Å². The summed E-state index contributed by atoms with van der Waals surface area (Å²) >= 11 is 0. The predicted octanol–water partition coefficient (Wildman–Crippen LogP) is -0.103. The summed E-state index contributed by atoms with van der Waals surface area (Å²) in [5, 5.41) is 19.6. The van der Waals surface area contributed by atoms with Gasteiger partial charge in [0.2, 0.25) is 5.91 Å². The highest BCUT2D eigenvalue weighted by molar-refractivity contribution is 5.83. The van der Waals surface area contributed by atoms with Crippen LogP contribution in [0.3, 0.4) is 0 Å². The van der Waals surface area contributed by atoms with E-state index in [9.17, 15) is 9.59 Å². The van der Waals surface area contributed by atoms with Gasteiger partial charge in [-0.3, -0.25) is 4.79 Å². The fourth-order valence-corrected chi connectivity index (χ4v) is 1.78. The van der Waals surface area contributed by atoms with Gasteiger partial charge in [-0.25, -0.2) is 4.79 Å². The Hall–Kier alpha value is -1.14. The molecule has 0 bridgehead atoms. The molecule has 0 aliphatic carbocycles. The third-order valence-electron chi connectivity index (χ3n) is 2.78. The second-order valence-electron chi connectivity index (χ2n) is 4.17. The minimum atomic E-state index is -1.23. The zero-order chi connectivity index (χ0) is 12.7. The molecule has 0 radical (unpaired) electrons. The summed E-state index contributed by atoms with van der Waals surface area (Å²) in [5.41, 5.74) is 0. The summed E-state index contributed by atoms with van der Waals surface area (Å²) in [5.74, 6) is -1.59. The van der Waals surface area contributed by atoms with E-state index in [0.29, 0.717) is 6.42 Å². The average molecular weight is 245 g/mol. The first-order valence-corrected chi connectivity index (χ1v) is 5.88. The summed E-state index contributed by atoms with van der Waals surface area (Å²) < 4.78 is 5.46. The van der Waals surface area contributed by atoms with Crippen LogP contribution in [0.15, 0.2) is 0 Å². The normalized spacial score (nSPS) is 21.8. The third kappa shape index (κ3) is 5.14. The van der Waals surface area contributed by atoms with Crippen molar-refractivity contribution in [2.45, 2.75) is 44.2 Å². The van der Waals surface area contributed by atoms with Crippen molar-refractivity contribution in [2.24, 2.45) is 0 Å². The van der Waals surface area contributed by atoms with Crippen molar-refractivity contribution >= 4 is 11.9 Å². The second-order valence-corrected chi connectivity index (χ2v) is 4.17. The van der Waals surface area contributed by atoms with Crippen LogP contribution in [0.4, 0.5) is 0 Å². The molecule has 0 aromatic heterocycles. The molecule has 0 aromatic carbocycles. The fourth-order valence-electron chi connectivity index (χ4n) is 1.78. The summed E-state index contributed by atoms with van der Waals surface area (Å²) in [7, 11) is 0. The zero-order valence-corrected chi connectivity index (χ0v) is 9.72. The topological polar surface area (TPSA) is 95.9 Å². The average Bonchev–Trinajstić information content (AvgIpc) is 2.34. The van der Waals surface area contributed by atoms with E-state index in [-0.39, 0.29) is 18.4 Å². The van der Waals surface area contributed by atoms with Gasteiger partial charge in [0.05, 0.1) is 12.7 Å². The molecule has 3 N–H and O–H groups in total. The van der Waals surface area contributed by atoms with Gasteiger partial charge in [0.1, 0.15) is 6.04 Å². The lowest BCUT2D eigenvalue weighted by Gasteiger charge is -2.22. The zero-order valence-electron chi connectivity index (χ0n) is 9.72. The first-order chi connectivity index (χ1) is 8.13. The van der Waals surface area contributed by atoms with E-state index in [1.54, 1.807) is 0 Å². The van der Waals surface area contributed by atoms with E-state index < -0.39 is 18.6 Å². The molecule has 2 atom stereocenters. The van der Waals surface area contributed by atoms with E-state index >= 15 is 0 Å². The number of hydrogen-bond donors (Lipinski definition) is 3. The second kappa shape index (κ2) is 7.24. The monoisotopic (exact) mass is 245 g/mol. The molecule has 1 fully saturated rings. The van der Waals surface area contributed by atoms with E-state index in [4.69, 9.17) is 14.9 Å². The van der Waals surface area contributed by atoms with Crippen LogP contribution in [0.1, 0.15) is 32.1 Å². The number of carbonyl (C=O) groups is 2. The Kier molecular flexibility index (Phi) is 5.93. The number of aliphatic hydroxyl groups is 1. The van der Waals surface area contributed by atoms with Crippen molar-refractivity contribution in [1.29, 1.82) is 0 Å². The first-order valence-electron chi connectivity index (χ1n) is 5.88. The molecule has 1 rings (SSSR count). The molecule has 1 amide bonds. The third-order valence-corrected chi connectivity index (χ3v) is 2.78. The number of carboxylic acid groups (broad SMARTS) is 1. The highest BCUT2D eigenvalue weighted by atomic mass is 16.5. The Morgan fingerprint density at radius 3 is 2.71 bits per heavy atom. The Morgan fingerprint density at radius 1 is 1.41 bits per heavy atom. The molecule has 1 aliphatic heterocycles. The first kappa shape index (κ1) is 13.9. The molecule has 98 valence electrons. The number of hydrogen-bond acceptors (Lipinski definition) is 4. The van der Waals surface area contributed by atoms with Gasteiger partial charge < -0.3 is 20.3 Å². The number of carbonyl (C=O) groups excluding carboxylic acids is 1. The van der Waals surface area contributed by atoms with Gasteiger partial charge in [-0.15, -0.1) is 0 Å². The SMILES string of the molecule is O=C(CCC1CCCCO1)N[C@H](CO)C(=O)O. The van der Waals surface area contributed by atoms with Crippen molar-refractivity contribution < 1.29 is 24.5 Å². The Bertz CT molecular complexity index is 263. The molecule has 1 aliphatic rings. The molecule has 6 heteroatoms. The predicted molar refractivity (Wildman–Crippen MR) is 59.5 cm³/mol. The largest absolute Gasteiger partial charge is 0.480 e. The molecule has 17 heavy (non-hydrogen) atoms. The van der Waals surface area contributed by atoms with Crippen LogP contribution >= 0.6 is 0 Å².